The fraction of sp³-hybridized carbons (Fsp3) is 0.294. The Morgan fingerprint density at radius 3 is 2.45 bits per heavy atom. The Morgan fingerprint density at radius 2 is 1.80 bits per heavy atom. The molecule has 106 valence electrons. The van der Waals surface area contributed by atoms with Crippen LogP contribution in [0, 0.1) is 12.7 Å². The standard InChI is InChI=1S/C17H20FNO/c1-12-10-14(18)8-9-15(12)17(20)16-7-5-4-6-13(16)11-19(2)3/h4-10,17,20H,11H2,1-3H3. The van der Waals surface area contributed by atoms with Crippen LogP contribution in [0.1, 0.15) is 28.4 Å². The van der Waals surface area contributed by atoms with E-state index in [0.29, 0.717) is 0 Å². The highest BCUT2D eigenvalue weighted by Gasteiger charge is 2.16. The monoisotopic (exact) mass is 273 g/mol. The summed E-state index contributed by atoms with van der Waals surface area (Å²) in [7, 11) is 3.98. The number of hydrogen-bond donors (Lipinski definition) is 1. The van der Waals surface area contributed by atoms with Crippen LogP contribution in [0.2, 0.25) is 0 Å². The lowest BCUT2D eigenvalue weighted by Gasteiger charge is -2.19. The van der Waals surface area contributed by atoms with Crippen molar-refractivity contribution in [1.29, 1.82) is 0 Å². The lowest BCUT2D eigenvalue weighted by Crippen LogP contribution is -2.14. The van der Waals surface area contributed by atoms with Crippen LogP contribution in [0.5, 0.6) is 0 Å². The third kappa shape index (κ3) is 3.24. The zero-order valence-electron chi connectivity index (χ0n) is 12.1. The molecule has 0 aliphatic heterocycles. The number of aliphatic hydroxyl groups excluding tert-OH is 1. The van der Waals surface area contributed by atoms with Crippen LogP contribution in [0.4, 0.5) is 4.39 Å². The molecule has 2 rings (SSSR count). The van der Waals surface area contributed by atoms with E-state index in [-0.39, 0.29) is 5.82 Å². The van der Waals surface area contributed by atoms with Crippen molar-refractivity contribution in [2.45, 2.75) is 19.6 Å². The largest absolute Gasteiger partial charge is 0.384 e. The highest BCUT2D eigenvalue weighted by atomic mass is 19.1. The van der Waals surface area contributed by atoms with Gasteiger partial charge in [-0.2, -0.15) is 0 Å². The fourth-order valence-corrected chi connectivity index (χ4v) is 2.40. The summed E-state index contributed by atoms with van der Waals surface area (Å²) in [5.74, 6) is -0.278. The second kappa shape index (κ2) is 6.16. The van der Waals surface area contributed by atoms with Gasteiger partial charge >= 0.3 is 0 Å². The van der Waals surface area contributed by atoms with Crippen molar-refractivity contribution in [1.82, 2.24) is 4.90 Å². The molecule has 2 aromatic rings. The summed E-state index contributed by atoms with van der Waals surface area (Å²) < 4.78 is 13.2. The molecule has 0 amide bonds. The first-order chi connectivity index (χ1) is 9.49. The minimum atomic E-state index is -0.730. The van der Waals surface area contributed by atoms with E-state index in [1.807, 2.05) is 45.3 Å². The van der Waals surface area contributed by atoms with Gasteiger partial charge in [0.25, 0.3) is 0 Å². The minimum absolute atomic E-state index is 0.278. The molecule has 2 nitrogen and oxygen atoms in total. The van der Waals surface area contributed by atoms with Crippen LogP contribution in [0.25, 0.3) is 0 Å². The molecule has 0 aliphatic rings. The highest BCUT2D eigenvalue weighted by Crippen LogP contribution is 2.28. The Kier molecular flexibility index (Phi) is 4.53. The topological polar surface area (TPSA) is 23.5 Å². The van der Waals surface area contributed by atoms with Gasteiger partial charge in [-0.15, -0.1) is 0 Å². The number of aryl methyl sites for hydroxylation is 1. The summed E-state index contributed by atoms with van der Waals surface area (Å²) in [6.45, 7) is 2.57. The van der Waals surface area contributed by atoms with E-state index < -0.39 is 6.10 Å². The van der Waals surface area contributed by atoms with Crippen molar-refractivity contribution in [2.24, 2.45) is 0 Å². The Balaban J connectivity index is 2.40. The van der Waals surface area contributed by atoms with Crippen molar-refractivity contribution < 1.29 is 9.50 Å². The summed E-state index contributed by atoms with van der Waals surface area (Å²) in [6, 6.07) is 12.3. The smallest absolute Gasteiger partial charge is 0.123 e. The van der Waals surface area contributed by atoms with Crippen molar-refractivity contribution in [3.8, 4) is 0 Å². The molecular weight excluding hydrogens is 253 g/mol. The van der Waals surface area contributed by atoms with Gasteiger partial charge in [-0.05, 0) is 55.4 Å². The normalized spacial score (nSPS) is 12.7. The SMILES string of the molecule is Cc1cc(F)ccc1C(O)c1ccccc1CN(C)C. The van der Waals surface area contributed by atoms with Crippen LogP contribution >= 0.6 is 0 Å². The maximum Gasteiger partial charge on any atom is 0.123 e. The van der Waals surface area contributed by atoms with Crippen LogP contribution in [-0.2, 0) is 6.54 Å². The van der Waals surface area contributed by atoms with Crippen molar-refractivity contribution in [3.63, 3.8) is 0 Å². The first-order valence-corrected chi connectivity index (χ1v) is 6.65. The number of aliphatic hydroxyl groups is 1. The second-order valence-corrected chi connectivity index (χ2v) is 5.34. The van der Waals surface area contributed by atoms with Crippen molar-refractivity contribution >= 4 is 0 Å². The predicted molar refractivity (Wildman–Crippen MR) is 79.0 cm³/mol. The molecule has 0 aromatic heterocycles. The number of hydrogen-bond acceptors (Lipinski definition) is 2. The molecule has 0 bridgehead atoms. The Labute approximate surface area is 119 Å². The van der Waals surface area contributed by atoms with E-state index in [1.54, 1.807) is 6.07 Å². The van der Waals surface area contributed by atoms with E-state index in [2.05, 4.69) is 4.90 Å². The van der Waals surface area contributed by atoms with Gasteiger partial charge in [-0.1, -0.05) is 30.3 Å². The molecule has 0 aliphatic carbocycles. The van der Waals surface area contributed by atoms with Gasteiger partial charge < -0.3 is 10.0 Å². The maximum absolute atomic E-state index is 13.2. The van der Waals surface area contributed by atoms with E-state index in [4.69, 9.17) is 0 Å². The second-order valence-electron chi connectivity index (χ2n) is 5.34. The molecule has 0 spiro atoms. The van der Waals surface area contributed by atoms with E-state index in [0.717, 1.165) is 28.8 Å². The van der Waals surface area contributed by atoms with Crippen molar-refractivity contribution in [3.05, 3.63) is 70.5 Å². The Hall–Kier alpha value is -1.71. The highest BCUT2D eigenvalue weighted by molar-refractivity contribution is 5.39. The number of nitrogens with zero attached hydrogens (tertiary/aromatic N) is 1. The predicted octanol–water partition coefficient (Wildman–Crippen LogP) is 3.28. The third-order valence-electron chi connectivity index (χ3n) is 3.36. The minimum Gasteiger partial charge on any atom is -0.384 e. The molecule has 1 atom stereocenters. The number of benzene rings is 2. The van der Waals surface area contributed by atoms with Crippen LogP contribution in [-0.4, -0.2) is 24.1 Å². The molecule has 1 N–H and O–H groups in total. The summed E-state index contributed by atoms with van der Waals surface area (Å²) >= 11 is 0. The summed E-state index contributed by atoms with van der Waals surface area (Å²) in [6.07, 6.45) is -0.730. The first kappa shape index (κ1) is 14.7. The van der Waals surface area contributed by atoms with E-state index in [1.165, 1.54) is 12.1 Å². The zero-order valence-corrected chi connectivity index (χ0v) is 12.1. The molecule has 0 fully saturated rings. The molecule has 20 heavy (non-hydrogen) atoms. The van der Waals surface area contributed by atoms with Gasteiger partial charge in [0.2, 0.25) is 0 Å². The Bertz CT molecular complexity index is 595. The van der Waals surface area contributed by atoms with Gasteiger partial charge in [0.15, 0.2) is 0 Å². The van der Waals surface area contributed by atoms with E-state index in [9.17, 15) is 9.50 Å². The molecule has 2 aromatic carbocycles. The molecule has 1 unspecified atom stereocenters. The van der Waals surface area contributed by atoms with Crippen LogP contribution in [0.3, 0.4) is 0 Å². The zero-order chi connectivity index (χ0) is 14.7. The first-order valence-electron chi connectivity index (χ1n) is 6.65. The molecule has 0 saturated heterocycles. The molecule has 0 heterocycles. The molecule has 0 radical (unpaired) electrons. The number of rotatable bonds is 4. The summed E-state index contributed by atoms with van der Waals surface area (Å²) in [5.41, 5.74) is 3.46. The summed E-state index contributed by atoms with van der Waals surface area (Å²) in [4.78, 5) is 2.06. The van der Waals surface area contributed by atoms with Gasteiger partial charge in [0, 0.05) is 6.54 Å². The quantitative estimate of drug-likeness (QED) is 0.924. The lowest BCUT2D eigenvalue weighted by molar-refractivity contribution is 0.217. The Morgan fingerprint density at radius 1 is 1.10 bits per heavy atom. The van der Waals surface area contributed by atoms with Crippen LogP contribution in [0.15, 0.2) is 42.5 Å². The summed E-state index contributed by atoms with van der Waals surface area (Å²) in [5, 5.41) is 10.6. The van der Waals surface area contributed by atoms with Gasteiger partial charge in [-0.25, -0.2) is 4.39 Å². The van der Waals surface area contributed by atoms with Gasteiger partial charge in [-0.3, -0.25) is 0 Å². The van der Waals surface area contributed by atoms with Gasteiger partial charge in [0.05, 0.1) is 0 Å². The maximum atomic E-state index is 13.2. The molecular formula is C17H20FNO. The number of halogens is 1. The van der Waals surface area contributed by atoms with E-state index >= 15 is 0 Å². The average Bonchev–Trinajstić information content (AvgIpc) is 2.38. The van der Waals surface area contributed by atoms with Gasteiger partial charge in [0.1, 0.15) is 11.9 Å². The van der Waals surface area contributed by atoms with Crippen molar-refractivity contribution in [2.75, 3.05) is 14.1 Å². The molecule has 3 heteroatoms. The third-order valence-corrected chi connectivity index (χ3v) is 3.36. The van der Waals surface area contributed by atoms with Crippen LogP contribution < -0.4 is 0 Å². The molecule has 0 saturated carbocycles. The fourth-order valence-electron chi connectivity index (χ4n) is 2.40. The lowest BCUT2D eigenvalue weighted by atomic mass is 9.94. The average molecular weight is 273 g/mol.